The fraction of sp³-hybridized carbons (Fsp3) is 0.500. The maximum Gasteiger partial charge on any atom is 0.335 e. The van der Waals surface area contributed by atoms with Crippen molar-refractivity contribution in [1.29, 1.82) is 0 Å². The Morgan fingerprint density at radius 2 is 1.90 bits per heavy atom. The highest BCUT2D eigenvalue weighted by Crippen LogP contribution is 2.20. The van der Waals surface area contributed by atoms with Crippen LogP contribution in [0.2, 0.25) is 0 Å². The van der Waals surface area contributed by atoms with Crippen LogP contribution in [0.1, 0.15) is 41.3 Å². The van der Waals surface area contributed by atoms with Crippen LogP contribution >= 0.6 is 0 Å². The minimum atomic E-state index is -3.85. The number of benzene rings is 1. The normalized spacial score (nSPS) is 13.1. The van der Waals surface area contributed by atoms with Gasteiger partial charge in [-0.05, 0) is 37.5 Å². The van der Waals surface area contributed by atoms with Crippen molar-refractivity contribution in [2.24, 2.45) is 0 Å². The van der Waals surface area contributed by atoms with E-state index >= 15 is 0 Å². The first-order valence-corrected chi connectivity index (χ1v) is 8.19. The Morgan fingerprint density at radius 3 is 2.43 bits per heavy atom. The maximum atomic E-state index is 12.2. The molecule has 7 heteroatoms. The van der Waals surface area contributed by atoms with Gasteiger partial charge in [0.1, 0.15) is 0 Å². The number of carboxylic acids is 1. The van der Waals surface area contributed by atoms with Crippen LogP contribution in [0.25, 0.3) is 0 Å². The number of aliphatic hydroxyl groups is 1. The topological polar surface area (TPSA) is 104 Å². The summed E-state index contributed by atoms with van der Waals surface area (Å²) in [7, 11) is -3.85. The lowest BCUT2D eigenvalue weighted by molar-refractivity contribution is 0.0696. The Labute approximate surface area is 124 Å². The molecule has 0 aliphatic heterocycles. The van der Waals surface area contributed by atoms with Gasteiger partial charge in [0, 0.05) is 6.54 Å². The number of aryl methyl sites for hydroxylation is 2. The number of nitrogens with one attached hydrogen (secondary N) is 1. The summed E-state index contributed by atoms with van der Waals surface area (Å²) < 4.78 is 26.8. The van der Waals surface area contributed by atoms with Crippen molar-refractivity contribution in [3.05, 3.63) is 28.8 Å². The van der Waals surface area contributed by atoms with Crippen molar-refractivity contribution >= 4 is 16.0 Å². The third-order valence-corrected chi connectivity index (χ3v) is 4.74. The first-order valence-electron chi connectivity index (χ1n) is 6.71. The second kappa shape index (κ2) is 7.02. The van der Waals surface area contributed by atoms with Gasteiger partial charge in [-0.15, -0.1) is 0 Å². The molecule has 3 N–H and O–H groups in total. The zero-order valence-electron chi connectivity index (χ0n) is 12.4. The third-order valence-electron chi connectivity index (χ3n) is 3.17. The number of aliphatic hydroxyl groups excluding tert-OH is 1. The van der Waals surface area contributed by atoms with Gasteiger partial charge < -0.3 is 10.2 Å². The molecule has 1 unspecified atom stereocenters. The number of rotatable bonds is 7. The minimum absolute atomic E-state index is 0.0462. The highest BCUT2D eigenvalue weighted by atomic mass is 32.2. The van der Waals surface area contributed by atoms with E-state index in [0.717, 1.165) is 12.5 Å². The lowest BCUT2D eigenvalue weighted by atomic mass is 10.1. The number of hydrogen-bond acceptors (Lipinski definition) is 4. The van der Waals surface area contributed by atoms with Crippen molar-refractivity contribution < 1.29 is 23.4 Å². The fourth-order valence-corrected chi connectivity index (χ4v) is 3.39. The van der Waals surface area contributed by atoms with Crippen molar-refractivity contribution in [3.8, 4) is 0 Å². The minimum Gasteiger partial charge on any atom is -0.478 e. The molecule has 21 heavy (non-hydrogen) atoms. The van der Waals surface area contributed by atoms with Crippen molar-refractivity contribution in [3.63, 3.8) is 0 Å². The van der Waals surface area contributed by atoms with Crippen LogP contribution in [0.15, 0.2) is 17.0 Å². The van der Waals surface area contributed by atoms with Gasteiger partial charge in [0.05, 0.1) is 16.6 Å². The molecule has 0 aromatic heterocycles. The summed E-state index contributed by atoms with van der Waals surface area (Å²) in [6, 6.07) is 2.68. The van der Waals surface area contributed by atoms with Gasteiger partial charge in [-0.3, -0.25) is 0 Å². The van der Waals surface area contributed by atoms with Crippen molar-refractivity contribution in [2.45, 2.75) is 44.6 Å². The molecule has 0 saturated carbocycles. The summed E-state index contributed by atoms with van der Waals surface area (Å²) in [5.41, 5.74) is 0.926. The first-order chi connectivity index (χ1) is 9.69. The number of hydrogen-bond donors (Lipinski definition) is 3. The third kappa shape index (κ3) is 4.52. The van der Waals surface area contributed by atoms with Crippen LogP contribution in [-0.2, 0) is 10.0 Å². The molecule has 0 aliphatic carbocycles. The zero-order valence-corrected chi connectivity index (χ0v) is 13.2. The lowest BCUT2D eigenvalue weighted by Crippen LogP contribution is -2.32. The molecule has 1 aromatic rings. The maximum absolute atomic E-state index is 12.2. The highest BCUT2D eigenvalue weighted by Gasteiger charge is 2.21. The summed E-state index contributed by atoms with van der Waals surface area (Å²) in [5, 5.41) is 18.7. The Bertz CT molecular complexity index is 624. The number of carbonyl (C=O) groups is 1. The van der Waals surface area contributed by atoms with Crippen LogP contribution in [-0.4, -0.2) is 37.2 Å². The zero-order chi connectivity index (χ0) is 16.2. The second-order valence-corrected chi connectivity index (χ2v) is 6.77. The summed E-state index contributed by atoms with van der Waals surface area (Å²) in [6.07, 6.45) is 0.486. The Kier molecular flexibility index (Phi) is 5.88. The standard InChI is InChI=1S/C14H21NO5S/c1-4-5-11(16)8-15-21(19,20)13-7-12(14(17)18)9(2)6-10(13)3/h6-7,11,15-16H,4-5,8H2,1-3H3,(H,17,18). The van der Waals surface area contributed by atoms with Crippen molar-refractivity contribution in [2.75, 3.05) is 6.54 Å². The van der Waals surface area contributed by atoms with Crippen LogP contribution in [0.4, 0.5) is 0 Å². The van der Waals surface area contributed by atoms with E-state index in [-0.39, 0.29) is 17.0 Å². The second-order valence-electron chi connectivity index (χ2n) is 5.03. The van der Waals surface area contributed by atoms with E-state index in [9.17, 15) is 18.3 Å². The fourth-order valence-electron chi connectivity index (χ4n) is 2.07. The molecule has 0 saturated heterocycles. The van der Waals surface area contributed by atoms with E-state index < -0.39 is 22.1 Å². The van der Waals surface area contributed by atoms with Crippen LogP contribution < -0.4 is 4.72 Å². The highest BCUT2D eigenvalue weighted by molar-refractivity contribution is 7.89. The van der Waals surface area contributed by atoms with Gasteiger partial charge in [0.25, 0.3) is 0 Å². The molecule has 0 amide bonds. The molecular formula is C14H21NO5S. The smallest absolute Gasteiger partial charge is 0.335 e. The number of sulfonamides is 1. The predicted octanol–water partition coefficient (Wildman–Crippen LogP) is 1.44. The van der Waals surface area contributed by atoms with E-state index in [0.29, 0.717) is 17.5 Å². The van der Waals surface area contributed by atoms with Crippen molar-refractivity contribution in [1.82, 2.24) is 4.72 Å². The summed E-state index contributed by atoms with van der Waals surface area (Å²) in [4.78, 5) is 11.0. The molecule has 0 aliphatic rings. The predicted molar refractivity (Wildman–Crippen MR) is 79.0 cm³/mol. The monoisotopic (exact) mass is 315 g/mol. The van der Waals surface area contributed by atoms with Gasteiger partial charge in [-0.2, -0.15) is 0 Å². The molecule has 0 fully saturated rings. The van der Waals surface area contributed by atoms with E-state index in [4.69, 9.17) is 5.11 Å². The number of carboxylic acid groups (broad SMARTS) is 1. The lowest BCUT2D eigenvalue weighted by Gasteiger charge is -2.14. The van der Waals surface area contributed by atoms with Crippen LogP contribution in [0.5, 0.6) is 0 Å². The molecule has 0 heterocycles. The average molecular weight is 315 g/mol. The van der Waals surface area contributed by atoms with Gasteiger partial charge in [-0.1, -0.05) is 19.4 Å². The summed E-state index contributed by atoms with van der Waals surface area (Å²) >= 11 is 0. The van der Waals surface area contributed by atoms with Crippen LogP contribution in [0, 0.1) is 13.8 Å². The first kappa shape index (κ1) is 17.6. The molecule has 1 atom stereocenters. The Morgan fingerprint density at radius 1 is 1.29 bits per heavy atom. The molecule has 6 nitrogen and oxygen atoms in total. The molecule has 0 spiro atoms. The van der Waals surface area contributed by atoms with E-state index in [1.54, 1.807) is 13.8 Å². The van der Waals surface area contributed by atoms with Crippen LogP contribution in [0.3, 0.4) is 0 Å². The van der Waals surface area contributed by atoms with E-state index in [1.807, 2.05) is 6.92 Å². The quantitative estimate of drug-likeness (QED) is 0.706. The molecular weight excluding hydrogens is 294 g/mol. The van der Waals surface area contributed by atoms with Gasteiger partial charge in [0.2, 0.25) is 10.0 Å². The summed E-state index contributed by atoms with van der Waals surface area (Å²) in [5.74, 6) is -1.17. The largest absolute Gasteiger partial charge is 0.478 e. The molecule has 0 bridgehead atoms. The molecule has 118 valence electrons. The number of aromatic carboxylic acids is 1. The molecule has 0 radical (unpaired) electrons. The SMILES string of the molecule is CCCC(O)CNS(=O)(=O)c1cc(C(=O)O)c(C)cc1C. The molecule has 1 aromatic carbocycles. The van der Waals surface area contributed by atoms with Gasteiger partial charge in [-0.25, -0.2) is 17.9 Å². The van der Waals surface area contributed by atoms with E-state index in [1.165, 1.54) is 6.07 Å². The molecule has 1 rings (SSSR count). The van der Waals surface area contributed by atoms with E-state index in [2.05, 4.69) is 4.72 Å². The van der Waals surface area contributed by atoms with Gasteiger partial charge in [0.15, 0.2) is 0 Å². The Hall–Kier alpha value is -1.44. The summed E-state index contributed by atoms with van der Waals surface area (Å²) in [6.45, 7) is 5.02. The van der Waals surface area contributed by atoms with Gasteiger partial charge >= 0.3 is 5.97 Å². The average Bonchev–Trinajstić information content (AvgIpc) is 2.36. The Balaban J connectivity index is 3.08.